The van der Waals surface area contributed by atoms with Gasteiger partial charge in [-0.1, -0.05) is 0 Å². The molecular weight excluding hydrogens is 559 g/mol. The minimum absolute atomic E-state index is 0.0112. The fourth-order valence-electron chi connectivity index (χ4n) is 3.52. The monoisotopic (exact) mass is 592 g/mol. The predicted molar refractivity (Wildman–Crippen MR) is 130 cm³/mol. The third-order valence-electron chi connectivity index (χ3n) is 5.21. The van der Waals surface area contributed by atoms with Crippen LogP contribution in [0.4, 0.5) is 0 Å². The summed E-state index contributed by atoms with van der Waals surface area (Å²) in [5.74, 6) is -1.81. The zero-order valence-corrected chi connectivity index (χ0v) is 23.1. The van der Waals surface area contributed by atoms with E-state index in [1.54, 1.807) is 0 Å². The summed E-state index contributed by atoms with van der Waals surface area (Å²) in [4.78, 5) is 48.5. The van der Waals surface area contributed by atoms with Gasteiger partial charge in [-0.15, -0.1) is 0 Å². The molecule has 2 aromatic carbocycles. The van der Waals surface area contributed by atoms with Crippen molar-refractivity contribution in [3.63, 3.8) is 0 Å². The van der Waals surface area contributed by atoms with Crippen molar-refractivity contribution in [2.45, 2.75) is 47.4 Å². The number of carbonyl (C=O) groups is 4. The van der Waals surface area contributed by atoms with E-state index in [2.05, 4.69) is 9.47 Å². The van der Waals surface area contributed by atoms with Gasteiger partial charge in [-0.05, 0) is 0 Å². The molecule has 0 bridgehead atoms. The topological polar surface area (TPSA) is 105 Å². The summed E-state index contributed by atoms with van der Waals surface area (Å²) in [6.45, 7) is 0. The summed E-state index contributed by atoms with van der Waals surface area (Å²) >= 11 is -4.48. The Labute approximate surface area is 210 Å². The van der Waals surface area contributed by atoms with Gasteiger partial charge in [0.05, 0.1) is 0 Å². The third-order valence-corrected chi connectivity index (χ3v) is 14.0. The van der Waals surface area contributed by atoms with Crippen LogP contribution in [0.3, 0.4) is 0 Å². The molecule has 0 unspecified atom stereocenters. The fraction of sp³-hybridized carbons (Fsp3) is 0.385. The van der Waals surface area contributed by atoms with Crippen LogP contribution in [0.1, 0.15) is 49.7 Å². The van der Waals surface area contributed by atoms with E-state index in [1.807, 2.05) is 60.7 Å². The number of benzene rings is 2. The maximum absolute atomic E-state index is 12.9. The van der Waals surface area contributed by atoms with Crippen LogP contribution in [0, 0.1) is 0 Å². The first-order chi connectivity index (χ1) is 16.9. The van der Waals surface area contributed by atoms with Gasteiger partial charge in [0.15, 0.2) is 0 Å². The molecule has 35 heavy (non-hydrogen) atoms. The maximum atomic E-state index is 12.9. The molecule has 9 heteroatoms. The summed E-state index contributed by atoms with van der Waals surface area (Å²) < 4.78 is 22.1. The standard InChI is InChI=1S/2C7H7.2C6H10O4.Sn/c2*1-7-5-3-2-4-6-7;2*1-10-6(9)4-2-3-5(7)8;/h2*2-6H,1H2;2*2-4H2,1H3,(H,7,8);/q;;;;+2/p-2. The molecule has 0 saturated heterocycles. The molecule has 8 nitrogen and oxygen atoms in total. The average molecular weight is 591 g/mol. The van der Waals surface area contributed by atoms with Gasteiger partial charge in [0.1, 0.15) is 0 Å². The minimum atomic E-state index is -4.48. The second-order valence-corrected chi connectivity index (χ2v) is 16.4. The van der Waals surface area contributed by atoms with Crippen LogP contribution in [-0.2, 0) is 43.7 Å². The van der Waals surface area contributed by atoms with Gasteiger partial charge >= 0.3 is 211 Å². The van der Waals surface area contributed by atoms with Crippen LogP contribution in [0.2, 0.25) is 0 Å². The molecule has 0 amide bonds. The molecular formula is C26H32O8Sn. The second-order valence-electron chi connectivity index (χ2n) is 8.04. The summed E-state index contributed by atoms with van der Waals surface area (Å²) in [6, 6.07) is 18.9. The van der Waals surface area contributed by atoms with Crippen molar-refractivity contribution in [3.8, 4) is 0 Å². The van der Waals surface area contributed by atoms with E-state index >= 15 is 0 Å². The molecule has 0 aliphatic rings. The molecule has 0 fully saturated rings. The number of rotatable bonds is 14. The molecule has 0 heterocycles. The summed E-state index contributed by atoms with van der Waals surface area (Å²) in [6.07, 6.45) is 0.764. The van der Waals surface area contributed by atoms with Gasteiger partial charge in [0.2, 0.25) is 0 Å². The zero-order chi connectivity index (χ0) is 25.5. The molecule has 0 aliphatic carbocycles. The van der Waals surface area contributed by atoms with E-state index in [9.17, 15) is 19.2 Å². The summed E-state index contributed by atoms with van der Waals surface area (Å²) in [5.41, 5.74) is 1.81. The van der Waals surface area contributed by atoms with E-state index in [-0.39, 0.29) is 38.5 Å². The first-order valence-electron chi connectivity index (χ1n) is 11.5. The van der Waals surface area contributed by atoms with Gasteiger partial charge in [-0.2, -0.15) is 0 Å². The third kappa shape index (κ3) is 10.9. The van der Waals surface area contributed by atoms with Crippen molar-refractivity contribution in [1.29, 1.82) is 0 Å². The Bertz CT molecular complexity index is 882. The van der Waals surface area contributed by atoms with Gasteiger partial charge in [-0.3, -0.25) is 0 Å². The quantitative estimate of drug-likeness (QED) is 0.242. The average Bonchev–Trinajstić information content (AvgIpc) is 2.84. The SMILES string of the molecule is COC(=O)CCCC(=O)[O][Sn]([CH2]c1ccccc1)([CH2]c1ccccc1)[O]C(=O)CCCC(=O)OC. The van der Waals surface area contributed by atoms with E-state index in [4.69, 9.17) is 6.15 Å². The molecule has 0 aromatic heterocycles. The van der Waals surface area contributed by atoms with E-state index < -0.39 is 43.1 Å². The Morgan fingerprint density at radius 3 is 1.26 bits per heavy atom. The van der Waals surface area contributed by atoms with Crippen molar-refractivity contribution in [2.24, 2.45) is 0 Å². The molecule has 2 aromatic rings. The van der Waals surface area contributed by atoms with E-state index in [1.165, 1.54) is 14.2 Å². The predicted octanol–water partition coefficient (Wildman–Crippen LogP) is 3.77. The number of methoxy groups -OCH3 is 2. The molecule has 0 spiro atoms. The molecule has 188 valence electrons. The summed E-state index contributed by atoms with van der Waals surface area (Å²) in [5, 5.41) is 0. The van der Waals surface area contributed by atoms with Gasteiger partial charge in [0.25, 0.3) is 0 Å². The van der Waals surface area contributed by atoms with Crippen molar-refractivity contribution in [3.05, 3.63) is 71.8 Å². The second kappa shape index (κ2) is 15.2. The molecule has 0 aliphatic heterocycles. The molecule has 0 saturated carbocycles. The summed E-state index contributed by atoms with van der Waals surface area (Å²) in [7, 11) is 2.59. The first-order valence-corrected chi connectivity index (χ1v) is 17.9. The molecule has 0 N–H and O–H groups in total. The number of ether oxygens (including phenoxy) is 2. The van der Waals surface area contributed by atoms with Gasteiger partial charge < -0.3 is 0 Å². The Morgan fingerprint density at radius 2 is 0.914 bits per heavy atom. The first kappa shape index (κ1) is 28.4. The van der Waals surface area contributed by atoms with Crippen molar-refractivity contribution < 1.29 is 34.8 Å². The van der Waals surface area contributed by atoms with Crippen LogP contribution < -0.4 is 0 Å². The van der Waals surface area contributed by atoms with Crippen molar-refractivity contribution in [1.82, 2.24) is 0 Å². The van der Waals surface area contributed by atoms with Crippen molar-refractivity contribution in [2.75, 3.05) is 14.2 Å². The normalized spacial score (nSPS) is 10.8. The molecule has 0 atom stereocenters. The fourth-order valence-corrected chi connectivity index (χ4v) is 12.7. The van der Waals surface area contributed by atoms with Crippen molar-refractivity contribution >= 4 is 43.1 Å². The van der Waals surface area contributed by atoms with Crippen LogP contribution >= 0.6 is 0 Å². The molecule has 2 rings (SSSR count). The number of hydrogen-bond donors (Lipinski definition) is 0. The zero-order valence-electron chi connectivity index (χ0n) is 20.2. The Hall–Kier alpha value is -2.88. The van der Waals surface area contributed by atoms with Gasteiger partial charge in [0, 0.05) is 0 Å². The number of esters is 2. The Morgan fingerprint density at radius 1 is 0.571 bits per heavy atom. The Balaban J connectivity index is 2.26. The van der Waals surface area contributed by atoms with Crippen LogP contribution in [0.5, 0.6) is 0 Å². The van der Waals surface area contributed by atoms with E-state index in [0.717, 1.165) is 11.1 Å². The number of carbonyl (C=O) groups excluding carboxylic acids is 4. The van der Waals surface area contributed by atoms with Gasteiger partial charge in [-0.25, -0.2) is 0 Å². The van der Waals surface area contributed by atoms with Crippen LogP contribution in [0.15, 0.2) is 60.7 Å². The van der Waals surface area contributed by atoms with Crippen LogP contribution in [-0.4, -0.2) is 57.3 Å². The molecule has 0 radical (unpaired) electrons. The number of hydrogen-bond acceptors (Lipinski definition) is 8. The Kier molecular flexibility index (Phi) is 12.3. The van der Waals surface area contributed by atoms with Crippen LogP contribution in [0.25, 0.3) is 0 Å². The van der Waals surface area contributed by atoms with E-state index in [0.29, 0.717) is 8.87 Å².